The highest BCUT2D eigenvalue weighted by molar-refractivity contribution is 7.86. The molecule has 0 radical (unpaired) electrons. The maximum Gasteiger partial charge on any atom is 0.166 e. The van der Waals surface area contributed by atoms with Crippen LogP contribution in [-0.4, -0.2) is 43.5 Å². The number of benzene rings is 2. The van der Waals surface area contributed by atoms with Gasteiger partial charge in [0.05, 0.1) is 28.4 Å². The van der Waals surface area contributed by atoms with Gasteiger partial charge in [0.1, 0.15) is 12.7 Å². The number of rotatable bonds is 3. The highest BCUT2D eigenvalue weighted by Crippen LogP contribution is 2.44. The van der Waals surface area contributed by atoms with E-state index in [0.717, 1.165) is 31.9 Å². The first kappa shape index (κ1) is 18.1. The molecule has 1 unspecified atom stereocenters. The van der Waals surface area contributed by atoms with Crippen molar-refractivity contribution in [3.63, 3.8) is 0 Å². The number of nitrogens with one attached hydrogen (secondary N) is 1. The second kappa shape index (κ2) is 7.77. The third kappa shape index (κ3) is 3.48. The fraction of sp³-hybridized carbons (Fsp3) is 0.316. The lowest BCUT2D eigenvalue weighted by atomic mass is 10.2. The average Bonchev–Trinajstić information content (AvgIpc) is 2.72. The Hall–Kier alpha value is -2.27. The van der Waals surface area contributed by atoms with Crippen LogP contribution in [0, 0.1) is 11.3 Å². The van der Waals surface area contributed by atoms with Crippen LogP contribution < -0.4 is 19.3 Å². The van der Waals surface area contributed by atoms with E-state index in [4.69, 9.17) is 16.3 Å². The molecule has 1 fully saturated rings. The Kier molecular flexibility index (Phi) is 5.21. The highest BCUT2D eigenvalue weighted by Gasteiger charge is 2.29. The SMILES string of the molecule is N#Cc1ccccc1S(=O)N1CCOc2c(N3CCNCC3)cc(Cl)cc21. The van der Waals surface area contributed by atoms with Crippen molar-refractivity contribution >= 4 is 34.0 Å². The average molecular weight is 403 g/mol. The van der Waals surface area contributed by atoms with E-state index < -0.39 is 11.0 Å². The van der Waals surface area contributed by atoms with Crippen molar-refractivity contribution in [2.75, 3.05) is 48.5 Å². The van der Waals surface area contributed by atoms with Crippen LogP contribution in [0.5, 0.6) is 5.75 Å². The Morgan fingerprint density at radius 1 is 1.15 bits per heavy atom. The summed E-state index contributed by atoms with van der Waals surface area (Å²) in [6, 6.07) is 12.8. The van der Waals surface area contributed by atoms with E-state index >= 15 is 0 Å². The Balaban J connectivity index is 1.76. The first-order chi connectivity index (χ1) is 13.2. The number of hydrogen-bond acceptors (Lipinski definition) is 5. The van der Waals surface area contributed by atoms with Gasteiger partial charge in [-0.1, -0.05) is 23.7 Å². The standard InChI is InChI=1S/C19H19ClN4O2S/c20-15-11-16(23-7-5-22-6-8-23)19-17(12-15)24(9-10-26-19)27(25)18-4-2-1-3-14(18)13-21/h1-4,11-12,22H,5-10H2. The molecule has 0 aromatic heterocycles. The van der Waals surface area contributed by atoms with Crippen molar-refractivity contribution in [3.05, 3.63) is 47.0 Å². The second-order valence-corrected chi connectivity index (χ2v) is 8.13. The van der Waals surface area contributed by atoms with Gasteiger partial charge in [-0.15, -0.1) is 0 Å². The molecule has 2 aliphatic rings. The van der Waals surface area contributed by atoms with Crippen LogP contribution in [0.15, 0.2) is 41.3 Å². The minimum absolute atomic E-state index is 0.410. The van der Waals surface area contributed by atoms with Crippen LogP contribution in [0.25, 0.3) is 0 Å². The van der Waals surface area contributed by atoms with Crippen molar-refractivity contribution in [1.82, 2.24) is 5.32 Å². The third-order valence-electron chi connectivity index (χ3n) is 4.68. The van der Waals surface area contributed by atoms with E-state index in [-0.39, 0.29) is 0 Å². The van der Waals surface area contributed by atoms with Crippen LogP contribution in [0.1, 0.15) is 5.56 Å². The summed E-state index contributed by atoms with van der Waals surface area (Å²) in [5.41, 5.74) is 2.04. The van der Waals surface area contributed by atoms with Gasteiger partial charge in [-0.25, -0.2) is 4.21 Å². The smallest absolute Gasteiger partial charge is 0.166 e. The summed E-state index contributed by atoms with van der Waals surface area (Å²) in [7, 11) is -1.52. The zero-order valence-electron chi connectivity index (χ0n) is 14.7. The number of fused-ring (bicyclic) bond motifs is 1. The lowest BCUT2D eigenvalue weighted by Crippen LogP contribution is -2.44. The molecule has 0 saturated carbocycles. The van der Waals surface area contributed by atoms with E-state index in [2.05, 4.69) is 16.3 Å². The third-order valence-corrected chi connectivity index (χ3v) is 6.41. The molecule has 8 heteroatoms. The zero-order valence-corrected chi connectivity index (χ0v) is 16.2. The molecular formula is C19H19ClN4O2S. The van der Waals surface area contributed by atoms with Crippen molar-refractivity contribution < 1.29 is 8.95 Å². The molecule has 0 aliphatic carbocycles. The zero-order chi connectivity index (χ0) is 18.8. The Bertz CT molecular complexity index is 924. The second-order valence-electron chi connectivity index (χ2n) is 6.32. The van der Waals surface area contributed by atoms with Crippen LogP contribution in [0.4, 0.5) is 11.4 Å². The molecule has 2 aromatic carbocycles. The quantitative estimate of drug-likeness (QED) is 0.854. The lowest BCUT2D eigenvalue weighted by Gasteiger charge is -2.36. The largest absolute Gasteiger partial charge is 0.487 e. The molecule has 27 heavy (non-hydrogen) atoms. The van der Waals surface area contributed by atoms with Crippen molar-refractivity contribution in [3.8, 4) is 11.8 Å². The molecule has 0 spiro atoms. The predicted octanol–water partition coefficient (Wildman–Crippen LogP) is 2.54. The predicted molar refractivity (Wildman–Crippen MR) is 107 cm³/mol. The summed E-state index contributed by atoms with van der Waals surface area (Å²) in [6.45, 7) is 4.39. The van der Waals surface area contributed by atoms with Crippen molar-refractivity contribution in [2.45, 2.75) is 4.90 Å². The van der Waals surface area contributed by atoms with Gasteiger partial charge in [0, 0.05) is 31.2 Å². The molecule has 2 aromatic rings. The lowest BCUT2D eigenvalue weighted by molar-refractivity contribution is 0.316. The van der Waals surface area contributed by atoms with Gasteiger partial charge in [0.15, 0.2) is 16.7 Å². The Morgan fingerprint density at radius 2 is 1.89 bits per heavy atom. The summed E-state index contributed by atoms with van der Waals surface area (Å²) in [6.07, 6.45) is 0. The fourth-order valence-corrected chi connectivity index (χ4v) is 4.89. The number of hydrogen-bond donors (Lipinski definition) is 1. The summed E-state index contributed by atoms with van der Waals surface area (Å²) in [5.74, 6) is 0.704. The molecule has 0 amide bonds. The van der Waals surface area contributed by atoms with Crippen molar-refractivity contribution in [2.24, 2.45) is 0 Å². The number of anilines is 2. The number of nitriles is 1. The maximum absolute atomic E-state index is 13.3. The molecule has 6 nitrogen and oxygen atoms in total. The van der Waals surface area contributed by atoms with E-state index in [1.807, 2.05) is 6.07 Å². The molecule has 140 valence electrons. The monoisotopic (exact) mass is 402 g/mol. The van der Waals surface area contributed by atoms with Crippen LogP contribution in [0.3, 0.4) is 0 Å². The molecule has 2 aliphatic heterocycles. The molecule has 4 rings (SSSR count). The first-order valence-electron chi connectivity index (χ1n) is 8.79. The van der Waals surface area contributed by atoms with Crippen LogP contribution >= 0.6 is 11.6 Å². The Morgan fingerprint density at radius 3 is 2.67 bits per heavy atom. The van der Waals surface area contributed by atoms with Gasteiger partial charge < -0.3 is 15.0 Å². The normalized spacial score (nSPS) is 17.6. The summed E-state index contributed by atoms with van der Waals surface area (Å²) in [4.78, 5) is 2.73. The van der Waals surface area contributed by atoms with E-state index in [0.29, 0.717) is 40.1 Å². The van der Waals surface area contributed by atoms with Gasteiger partial charge in [0.2, 0.25) is 0 Å². The molecule has 1 atom stereocenters. The molecular weight excluding hydrogens is 384 g/mol. The van der Waals surface area contributed by atoms with Gasteiger partial charge in [-0.2, -0.15) is 5.26 Å². The summed E-state index contributed by atoms with van der Waals surface area (Å²) < 4.78 is 21.0. The summed E-state index contributed by atoms with van der Waals surface area (Å²) >= 11 is 6.40. The van der Waals surface area contributed by atoms with Crippen molar-refractivity contribution in [1.29, 1.82) is 5.26 Å². The fourth-order valence-electron chi connectivity index (χ4n) is 3.39. The number of nitrogens with zero attached hydrogens (tertiary/aromatic N) is 3. The Labute approximate surface area is 165 Å². The van der Waals surface area contributed by atoms with Crippen LogP contribution in [-0.2, 0) is 11.0 Å². The molecule has 1 N–H and O–H groups in total. The molecule has 0 bridgehead atoms. The molecule has 2 heterocycles. The summed E-state index contributed by atoms with van der Waals surface area (Å²) in [5, 5.41) is 13.3. The van der Waals surface area contributed by atoms with Crippen LogP contribution in [0.2, 0.25) is 5.02 Å². The maximum atomic E-state index is 13.3. The van der Waals surface area contributed by atoms with Gasteiger partial charge in [-0.3, -0.25) is 4.31 Å². The molecule has 1 saturated heterocycles. The highest BCUT2D eigenvalue weighted by atomic mass is 35.5. The van der Waals surface area contributed by atoms with E-state index in [1.165, 1.54) is 0 Å². The van der Waals surface area contributed by atoms with E-state index in [9.17, 15) is 9.47 Å². The number of ether oxygens (including phenoxy) is 1. The van der Waals surface area contributed by atoms with E-state index in [1.54, 1.807) is 34.6 Å². The topological polar surface area (TPSA) is 68.6 Å². The number of halogens is 1. The van der Waals surface area contributed by atoms with Gasteiger partial charge in [-0.05, 0) is 24.3 Å². The minimum Gasteiger partial charge on any atom is -0.487 e. The first-order valence-corrected chi connectivity index (χ1v) is 10.3. The van der Waals surface area contributed by atoms with Gasteiger partial charge >= 0.3 is 0 Å². The minimum atomic E-state index is -1.52. The van der Waals surface area contributed by atoms with Gasteiger partial charge in [0.25, 0.3) is 0 Å². The number of piperazine rings is 1.